The fourth-order valence-corrected chi connectivity index (χ4v) is 4.58. The number of aliphatic hydroxyl groups excluding tert-OH is 2. The summed E-state index contributed by atoms with van der Waals surface area (Å²) >= 11 is 0. The number of rotatable bonds is 19. The zero-order valence-corrected chi connectivity index (χ0v) is 23.4. The number of nitrogens with zero attached hydrogens (tertiary/aromatic N) is 2. The number of ketones is 1. The average molecular weight is 498 g/mol. The molecule has 0 aromatic heterocycles. The summed E-state index contributed by atoms with van der Waals surface area (Å²) in [4.78, 5) is 14.6. The third-order valence-electron chi connectivity index (χ3n) is 5.60. The van der Waals surface area contributed by atoms with Crippen molar-refractivity contribution >= 4 is 21.7 Å². The molecule has 10 heteroatoms. The number of carbonyl (C=O) groups is 1. The second-order valence-electron chi connectivity index (χ2n) is 8.56. The van der Waals surface area contributed by atoms with Crippen LogP contribution in [0.3, 0.4) is 0 Å². The molecule has 0 fully saturated rings. The summed E-state index contributed by atoms with van der Waals surface area (Å²) in [7, 11) is -4.54. The summed E-state index contributed by atoms with van der Waals surface area (Å²) in [6, 6.07) is 0. The van der Waals surface area contributed by atoms with Gasteiger partial charge in [0.1, 0.15) is 32.3 Å². The number of hydrogen-bond acceptors (Lipinski definition) is 7. The topological polar surface area (TPSA) is 121 Å². The number of aliphatic hydroxyl groups is 2. The van der Waals surface area contributed by atoms with E-state index in [4.69, 9.17) is 0 Å². The summed E-state index contributed by atoms with van der Waals surface area (Å²) in [5.74, 6) is -0.537. The number of Topliss-reactive ketones (excluding diaryl/α,β-unsaturated/α-hetero) is 1. The smallest absolute Gasteiger partial charge is 0.748 e. The molecular weight excluding hydrogens is 455 g/mol. The van der Waals surface area contributed by atoms with Crippen molar-refractivity contribution < 1.29 is 62.1 Å². The van der Waals surface area contributed by atoms with Crippen molar-refractivity contribution in [2.75, 3.05) is 38.5 Å². The molecule has 186 valence electrons. The van der Waals surface area contributed by atoms with Crippen LogP contribution in [0.2, 0.25) is 0 Å². The fourth-order valence-electron chi connectivity index (χ4n) is 4.00. The van der Waals surface area contributed by atoms with Crippen LogP contribution in [0.1, 0.15) is 77.6 Å². The molecule has 0 bridgehead atoms. The van der Waals surface area contributed by atoms with Gasteiger partial charge in [0, 0.05) is 6.42 Å². The van der Waals surface area contributed by atoms with Crippen LogP contribution in [-0.2, 0) is 14.9 Å². The monoisotopic (exact) mass is 497 g/mol. The number of hydrogen-bond donors (Lipinski definition) is 2. The average Bonchev–Trinajstić information content (AvgIpc) is 3.09. The minimum Gasteiger partial charge on any atom is -0.748 e. The molecule has 1 aliphatic heterocycles. The maximum absolute atomic E-state index is 12.8. The van der Waals surface area contributed by atoms with E-state index in [0.717, 1.165) is 38.5 Å². The summed E-state index contributed by atoms with van der Waals surface area (Å²) < 4.78 is 34.3. The summed E-state index contributed by atoms with van der Waals surface area (Å²) in [5, 5.41) is 19.2. The molecule has 0 aromatic rings. The number of β-amino-alcohol motifs (C(OH)–C–C–N with tert-alkyl or cyclic N) is 2. The summed E-state index contributed by atoms with van der Waals surface area (Å²) in [6.45, 7) is 3.29. The Labute approximate surface area is 222 Å². The van der Waals surface area contributed by atoms with Gasteiger partial charge in [-0.05, 0) is 32.1 Å². The van der Waals surface area contributed by atoms with Gasteiger partial charge in [0.2, 0.25) is 5.78 Å². The minimum absolute atomic E-state index is 0. The van der Waals surface area contributed by atoms with Crippen molar-refractivity contribution in [2.45, 2.75) is 83.7 Å². The van der Waals surface area contributed by atoms with E-state index in [9.17, 15) is 28.0 Å². The molecule has 0 spiro atoms. The van der Waals surface area contributed by atoms with E-state index in [1.165, 1.54) is 25.7 Å². The molecule has 0 saturated heterocycles. The number of amidine groups is 1. The number of allylic oxidation sites excluding steroid dienone is 2. The first-order chi connectivity index (χ1) is 15.3. The first-order valence-corrected chi connectivity index (χ1v) is 13.6. The van der Waals surface area contributed by atoms with Crippen molar-refractivity contribution in [3.8, 4) is 0 Å². The van der Waals surface area contributed by atoms with Gasteiger partial charge in [-0.2, -0.15) is 0 Å². The predicted molar refractivity (Wildman–Crippen MR) is 125 cm³/mol. The molecule has 33 heavy (non-hydrogen) atoms. The largest absolute Gasteiger partial charge is 1.00 e. The molecular formula is C23H42N2NaO6S+. The van der Waals surface area contributed by atoms with Crippen LogP contribution in [0.15, 0.2) is 12.2 Å². The molecule has 1 atom stereocenters. The van der Waals surface area contributed by atoms with E-state index in [1.807, 2.05) is 0 Å². The zero-order valence-electron chi connectivity index (χ0n) is 20.6. The Balaban J connectivity index is 0.0000102. The van der Waals surface area contributed by atoms with Crippen LogP contribution in [0.25, 0.3) is 0 Å². The Morgan fingerprint density at radius 1 is 1.12 bits per heavy atom. The van der Waals surface area contributed by atoms with Gasteiger partial charge in [-0.15, -0.1) is 0 Å². The van der Waals surface area contributed by atoms with Gasteiger partial charge in [0.25, 0.3) is 0 Å². The second-order valence-corrected chi connectivity index (χ2v) is 10.0. The maximum atomic E-state index is 12.8. The summed E-state index contributed by atoms with van der Waals surface area (Å²) in [5.41, 5.74) is 0. The van der Waals surface area contributed by atoms with Gasteiger partial charge in [-0.25, -0.2) is 8.42 Å². The first kappa shape index (κ1) is 32.7. The van der Waals surface area contributed by atoms with Gasteiger partial charge in [0.05, 0.1) is 22.5 Å². The van der Waals surface area contributed by atoms with E-state index in [2.05, 4.69) is 19.1 Å². The van der Waals surface area contributed by atoms with E-state index >= 15 is 0 Å². The Hall–Kier alpha value is -0.290. The Bertz CT molecular complexity index is 712. The Kier molecular flexibility index (Phi) is 18.8. The molecule has 8 nitrogen and oxygen atoms in total. The van der Waals surface area contributed by atoms with Gasteiger partial charge < -0.3 is 14.8 Å². The quantitative estimate of drug-likeness (QED) is 0.0776. The molecule has 1 aliphatic rings. The SMILES string of the molecule is CCCCCC/C=C/CCCCCCC(=O)C1=[N+](CC(O)CS(=O)(=O)[O-])CCN1CCO.[Na+]. The molecule has 0 aromatic carbocycles. The van der Waals surface area contributed by atoms with E-state index in [0.29, 0.717) is 31.9 Å². The Morgan fingerprint density at radius 2 is 1.73 bits per heavy atom. The van der Waals surface area contributed by atoms with Crippen LogP contribution in [-0.4, -0.2) is 88.9 Å². The molecule has 2 N–H and O–H groups in total. The standard InChI is InChI=1S/C23H42N2O6S.Na/c1-2-3-4-5-6-7-8-9-10-11-12-13-14-22(28)23-24(17-18-26)15-16-25(23)19-21(27)20-32(29,30)31;/h7-8,21,26-27H,2-6,9-20H2,1H3;/q;+1/b8-7+;. The van der Waals surface area contributed by atoms with Crippen molar-refractivity contribution in [3.63, 3.8) is 0 Å². The van der Waals surface area contributed by atoms with Gasteiger partial charge in [-0.1, -0.05) is 51.2 Å². The first-order valence-electron chi connectivity index (χ1n) is 12.1. The number of unbranched alkanes of at least 4 members (excludes halogenated alkanes) is 8. The molecule has 1 unspecified atom stereocenters. The third kappa shape index (κ3) is 15.3. The van der Waals surface area contributed by atoms with Crippen LogP contribution >= 0.6 is 0 Å². The predicted octanol–water partition coefficient (Wildman–Crippen LogP) is -0.948. The molecule has 1 rings (SSSR count). The normalized spacial score (nSPS) is 15.3. The van der Waals surface area contributed by atoms with E-state index in [-0.39, 0.29) is 48.5 Å². The van der Waals surface area contributed by atoms with Gasteiger partial charge in [0.15, 0.2) is 0 Å². The van der Waals surface area contributed by atoms with Gasteiger partial charge >= 0.3 is 35.4 Å². The maximum Gasteiger partial charge on any atom is 1.00 e. The number of carbonyl (C=O) groups excluding carboxylic acids is 1. The van der Waals surface area contributed by atoms with Crippen LogP contribution in [0, 0.1) is 0 Å². The van der Waals surface area contributed by atoms with E-state index < -0.39 is 22.0 Å². The minimum atomic E-state index is -4.54. The third-order valence-corrected chi connectivity index (χ3v) is 6.39. The van der Waals surface area contributed by atoms with Crippen molar-refractivity contribution in [1.82, 2.24) is 4.90 Å². The molecule has 0 saturated carbocycles. The molecule has 0 amide bonds. The van der Waals surface area contributed by atoms with Gasteiger partial charge in [-0.3, -0.25) is 14.3 Å². The molecule has 0 radical (unpaired) electrons. The zero-order chi connectivity index (χ0) is 23.8. The Morgan fingerprint density at radius 3 is 2.30 bits per heavy atom. The molecule has 1 heterocycles. The van der Waals surface area contributed by atoms with Crippen molar-refractivity contribution in [2.24, 2.45) is 0 Å². The van der Waals surface area contributed by atoms with Crippen molar-refractivity contribution in [3.05, 3.63) is 12.2 Å². The summed E-state index contributed by atoms with van der Waals surface area (Å²) in [6.07, 6.45) is 14.8. The molecule has 0 aliphatic carbocycles. The van der Waals surface area contributed by atoms with E-state index in [1.54, 1.807) is 9.48 Å². The van der Waals surface area contributed by atoms with Crippen LogP contribution < -0.4 is 29.6 Å². The second kappa shape index (κ2) is 19.0. The van der Waals surface area contributed by atoms with Crippen LogP contribution in [0.5, 0.6) is 0 Å². The van der Waals surface area contributed by atoms with Crippen molar-refractivity contribution in [1.29, 1.82) is 0 Å². The van der Waals surface area contributed by atoms with Crippen LogP contribution in [0.4, 0.5) is 0 Å². The fraction of sp³-hybridized carbons (Fsp3) is 0.826.